The molecule has 0 saturated carbocycles. The third-order valence-electron chi connectivity index (χ3n) is 4.87. The minimum Gasteiger partial charge on any atom is -0.484 e. The average Bonchev–Trinajstić information content (AvgIpc) is 3.25. The zero-order valence-corrected chi connectivity index (χ0v) is 17.7. The highest BCUT2D eigenvalue weighted by Crippen LogP contribution is 2.20. The van der Waals surface area contributed by atoms with E-state index in [2.05, 4.69) is 27.2 Å². The molecular weight excluding hydrogens is 400 g/mol. The van der Waals surface area contributed by atoms with Crippen molar-refractivity contribution in [2.45, 2.75) is 18.8 Å². The fraction of sp³-hybridized carbons (Fsp3) is 0.318. The van der Waals surface area contributed by atoms with E-state index in [0.717, 1.165) is 24.4 Å². The summed E-state index contributed by atoms with van der Waals surface area (Å²) in [5.74, 6) is 1.52. The van der Waals surface area contributed by atoms with Crippen molar-refractivity contribution in [1.29, 1.82) is 0 Å². The van der Waals surface area contributed by atoms with Crippen LogP contribution in [0.15, 0.2) is 64.2 Å². The number of rotatable bonds is 7. The molecule has 156 valence electrons. The fourth-order valence-corrected chi connectivity index (χ4v) is 3.96. The van der Waals surface area contributed by atoms with Gasteiger partial charge in [-0.05, 0) is 36.8 Å². The summed E-state index contributed by atoms with van der Waals surface area (Å²) in [6.45, 7) is 5.31. The highest BCUT2D eigenvalue weighted by atomic mass is 32.2. The number of carbonyl (C=O) groups excluding carboxylic acids is 1. The van der Waals surface area contributed by atoms with Gasteiger partial charge in [-0.25, -0.2) is 0 Å². The predicted molar refractivity (Wildman–Crippen MR) is 116 cm³/mol. The molecule has 0 unspecified atom stereocenters. The number of amides is 1. The number of aryl methyl sites for hydroxylation is 1. The maximum atomic E-state index is 12.5. The molecule has 1 aliphatic heterocycles. The van der Waals surface area contributed by atoms with E-state index in [1.807, 2.05) is 54.3 Å². The van der Waals surface area contributed by atoms with Crippen LogP contribution in [0.25, 0.3) is 0 Å². The van der Waals surface area contributed by atoms with Crippen molar-refractivity contribution in [2.75, 3.05) is 36.8 Å². The lowest BCUT2D eigenvalue weighted by atomic mass is 10.2. The normalized spacial score (nSPS) is 14.0. The van der Waals surface area contributed by atoms with Crippen molar-refractivity contribution in [3.63, 3.8) is 0 Å². The van der Waals surface area contributed by atoms with Crippen LogP contribution in [0.5, 0.6) is 5.75 Å². The molecule has 0 spiro atoms. The van der Waals surface area contributed by atoms with Crippen molar-refractivity contribution in [2.24, 2.45) is 0 Å². The molecule has 0 radical (unpaired) electrons. The summed E-state index contributed by atoms with van der Waals surface area (Å²) in [7, 11) is 0. The number of hydrogen-bond acceptors (Lipinski definition) is 7. The van der Waals surface area contributed by atoms with Crippen LogP contribution in [-0.4, -0.2) is 52.9 Å². The summed E-state index contributed by atoms with van der Waals surface area (Å²) < 4.78 is 11.3. The van der Waals surface area contributed by atoms with Gasteiger partial charge in [0.15, 0.2) is 6.61 Å². The van der Waals surface area contributed by atoms with E-state index in [4.69, 9.17) is 9.15 Å². The van der Waals surface area contributed by atoms with Crippen LogP contribution >= 0.6 is 11.8 Å². The van der Waals surface area contributed by atoms with Gasteiger partial charge in [0.05, 0.1) is 5.75 Å². The molecule has 1 aromatic heterocycles. The second kappa shape index (κ2) is 9.67. The van der Waals surface area contributed by atoms with E-state index in [1.165, 1.54) is 17.4 Å². The Kier molecular flexibility index (Phi) is 6.53. The smallest absolute Gasteiger partial charge is 0.277 e. The Balaban J connectivity index is 1.21. The number of nitrogens with zero attached hydrogens (tertiary/aromatic N) is 4. The minimum absolute atomic E-state index is 0.0865. The lowest BCUT2D eigenvalue weighted by Gasteiger charge is -2.36. The monoisotopic (exact) mass is 424 g/mol. The Hall–Kier alpha value is -3.00. The molecule has 0 bridgehead atoms. The van der Waals surface area contributed by atoms with Gasteiger partial charge in [0.1, 0.15) is 5.75 Å². The van der Waals surface area contributed by atoms with Crippen LogP contribution in [0.2, 0.25) is 0 Å². The van der Waals surface area contributed by atoms with Gasteiger partial charge in [-0.15, -0.1) is 10.2 Å². The van der Waals surface area contributed by atoms with Crippen LogP contribution in [-0.2, 0) is 11.4 Å². The molecule has 7 nitrogen and oxygen atoms in total. The Morgan fingerprint density at radius 1 is 1.07 bits per heavy atom. The number of thioether (sulfide) groups is 1. The minimum atomic E-state index is 0.0865. The second-order valence-corrected chi connectivity index (χ2v) is 7.99. The lowest BCUT2D eigenvalue weighted by Crippen LogP contribution is -2.49. The Bertz CT molecular complexity index is 971. The molecule has 1 saturated heterocycles. The molecule has 0 aliphatic carbocycles. The summed E-state index contributed by atoms with van der Waals surface area (Å²) in [4.78, 5) is 16.7. The largest absolute Gasteiger partial charge is 0.484 e. The number of para-hydroxylation sites is 1. The van der Waals surface area contributed by atoms with Crippen LogP contribution in [0.3, 0.4) is 0 Å². The first kappa shape index (κ1) is 20.3. The van der Waals surface area contributed by atoms with E-state index in [1.54, 1.807) is 0 Å². The van der Waals surface area contributed by atoms with E-state index < -0.39 is 0 Å². The maximum Gasteiger partial charge on any atom is 0.277 e. The van der Waals surface area contributed by atoms with Gasteiger partial charge in [-0.2, -0.15) is 0 Å². The molecule has 30 heavy (non-hydrogen) atoms. The molecule has 2 aromatic carbocycles. The van der Waals surface area contributed by atoms with Gasteiger partial charge < -0.3 is 19.0 Å². The molecule has 1 aliphatic rings. The van der Waals surface area contributed by atoms with Gasteiger partial charge in [-0.3, -0.25) is 4.79 Å². The van der Waals surface area contributed by atoms with Crippen LogP contribution in [0, 0.1) is 6.92 Å². The zero-order chi connectivity index (χ0) is 20.8. The Morgan fingerprint density at radius 3 is 2.63 bits per heavy atom. The van der Waals surface area contributed by atoms with Gasteiger partial charge in [0, 0.05) is 31.9 Å². The molecule has 1 fully saturated rings. The number of aromatic nitrogens is 2. The number of anilines is 1. The number of benzene rings is 2. The lowest BCUT2D eigenvalue weighted by molar-refractivity contribution is -0.128. The fourth-order valence-electron chi connectivity index (χ4n) is 3.27. The van der Waals surface area contributed by atoms with Crippen LogP contribution < -0.4 is 9.64 Å². The van der Waals surface area contributed by atoms with Gasteiger partial charge >= 0.3 is 0 Å². The predicted octanol–water partition coefficient (Wildman–Crippen LogP) is 3.40. The molecule has 4 rings (SSSR count). The molecule has 0 atom stereocenters. The van der Waals surface area contributed by atoms with Crippen molar-refractivity contribution in [1.82, 2.24) is 15.1 Å². The highest BCUT2D eigenvalue weighted by Gasteiger charge is 2.22. The summed E-state index contributed by atoms with van der Waals surface area (Å²) >= 11 is 1.26. The zero-order valence-electron chi connectivity index (χ0n) is 16.9. The number of piperazine rings is 1. The topological polar surface area (TPSA) is 71.7 Å². The Labute approximate surface area is 180 Å². The van der Waals surface area contributed by atoms with E-state index in [9.17, 15) is 4.79 Å². The molecule has 1 amide bonds. The number of hydrogen-bond donors (Lipinski definition) is 0. The summed E-state index contributed by atoms with van der Waals surface area (Å²) in [5.41, 5.74) is 2.32. The molecule has 8 heteroatoms. The second-order valence-electron chi connectivity index (χ2n) is 7.06. The molecular formula is C22H24N4O3S. The van der Waals surface area contributed by atoms with Crippen LogP contribution in [0.1, 0.15) is 11.5 Å². The maximum absolute atomic E-state index is 12.5. The number of carbonyl (C=O) groups is 1. The van der Waals surface area contributed by atoms with Crippen molar-refractivity contribution < 1.29 is 13.9 Å². The highest BCUT2D eigenvalue weighted by molar-refractivity contribution is 7.99. The first-order valence-electron chi connectivity index (χ1n) is 9.90. The quantitative estimate of drug-likeness (QED) is 0.538. The molecule has 2 heterocycles. The summed E-state index contributed by atoms with van der Waals surface area (Å²) in [6.07, 6.45) is 0. The third-order valence-corrected chi connectivity index (χ3v) is 5.68. The standard InChI is InChI=1S/C22H24N4O3S/c1-17-6-5-9-19(14-17)28-15-20-23-24-22(29-20)30-16-21(27)26-12-10-25(11-13-26)18-7-3-2-4-8-18/h2-9,14H,10-13,15-16H2,1H3. The molecule has 0 N–H and O–H groups in total. The SMILES string of the molecule is Cc1cccc(OCc2nnc(SCC(=O)N3CCN(c4ccccc4)CC3)o2)c1. The van der Waals surface area contributed by atoms with E-state index in [0.29, 0.717) is 24.2 Å². The third kappa shape index (κ3) is 5.33. The number of ether oxygens (including phenoxy) is 1. The average molecular weight is 425 g/mol. The van der Waals surface area contributed by atoms with Crippen molar-refractivity contribution in [3.8, 4) is 5.75 Å². The van der Waals surface area contributed by atoms with Gasteiger partial charge in [0.25, 0.3) is 11.1 Å². The van der Waals surface area contributed by atoms with Gasteiger partial charge in [0.2, 0.25) is 5.91 Å². The Morgan fingerprint density at radius 2 is 1.87 bits per heavy atom. The van der Waals surface area contributed by atoms with Crippen molar-refractivity contribution >= 4 is 23.4 Å². The van der Waals surface area contributed by atoms with E-state index in [-0.39, 0.29) is 18.3 Å². The summed E-state index contributed by atoms with van der Waals surface area (Å²) in [6, 6.07) is 18.1. The van der Waals surface area contributed by atoms with Crippen LogP contribution in [0.4, 0.5) is 5.69 Å². The summed E-state index contributed by atoms with van der Waals surface area (Å²) in [5, 5.41) is 8.38. The van der Waals surface area contributed by atoms with Crippen molar-refractivity contribution in [3.05, 3.63) is 66.1 Å². The molecule has 3 aromatic rings. The first-order valence-corrected chi connectivity index (χ1v) is 10.9. The first-order chi connectivity index (χ1) is 14.7. The van der Waals surface area contributed by atoms with E-state index >= 15 is 0 Å². The van der Waals surface area contributed by atoms with Gasteiger partial charge in [-0.1, -0.05) is 42.1 Å².